The summed E-state index contributed by atoms with van der Waals surface area (Å²) < 4.78 is 16.7. The monoisotopic (exact) mass is 349 g/mol. The van der Waals surface area contributed by atoms with Crippen LogP contribution in [0.15, 0.2) is 18.2 Å². The normalized spacial score (nSPS) is 11.2. The van der Waals surface area contributed by atoms with Crippen molar-refractivity contribution in [1.29, 1.82) is 0 Å². The van der Waals surface area contributed by atoms with Gasteiger partial charge in [0.25, 0.3) is 0 Å². The molecule has 25 heavy (non-hydrogen) atoms. The number of methoxy groups -OCH3 is 2. The van der Waals surface area contributed by atoms with E-state index in [1.54, 1.807) is 46.1 Å². The van der Waals surface area contributed by atoms with Gasteiger partial charge in [0, 0.05) is 11.9 Å². The number of hydrogen-bond acceptors (Lipinski definition) is 6. The summed E-state index contributed by atoms with van der Waals surface area (Å²) in [6, 6.07) is 5.25. The standard InChI is InChI=1S/C17H23N3O5/c1-17(2,3)25-16(22)18-8-9-20-14(15(21)24-5)12-10-11(23-4)6-7-13(12)19-20/h6-7,10H,8-9H2,1-5H3,(H,18,22). The summed E-state index contributed by atoms with van der Waals surface area (Å²) >= 11 is 0. The maximum atomic E-state index is 12.2. The van der Waals surface area contributed by atoms with Gasteiger partial charge in [0.15, 0.2) is 5.69 Å². The summed E-state index contributed by atoms with van der Waals surface area (Å²) in [5.41, 5.74) is 0.374. The molecule has 1 heterocycles. The number of benzene rings is 1. The fraction of sp³-hybridized carbons (Fsp3) is 0.471. The van der Waals surface area contributed by atoms with Crippen LogP contribution in [0, 0.1) is 0 Å². The van der Waals surface area contributed by atoms with Crippen LogP contribution in [-0.4, -0.2) is 48.2 Å². The molecule has 0 unspecified atom stereocenters. The fourth-order valence-corrected chi connectivity index (χ4v) is 2.29. The molecule has 0 aliphatic heterocycles. The lowest BCUT2D eigenvalue weighted by Gasteiger charge is -2.19. The molecule has 0 radical (unpaired) electrons. The van der Waals surface area contributed by atoms with Gasteiger partial charge in [-0.25, -0.2) is 9.59 Å². The third-order valence-electron chi connectivity index (χ3n) is 3.32. The molecule has 0 fully saturated rings. The second kappa shape index (κ2) is 7.42. The number of alkyl carbamates (subject to hydrolysis) is 1. The zero-order chi connectivity index (χ0) is 18.6. The Kier molecular flexibility index (Phi) is 5.51. The van der Waals surface area contributed by atoms with Crippen LogP contribution in [0.5, 0.6) is 5.75 Å². The van der Waals surface area contributed by atoms with E-state index in [1.165, 1.54) is 11.8 Å². The van der Waals surface area contributed by atoms with E-state index in [-0.39, 0.29) is 6.54 Å². The zero-order valence-corrected chi connectivity index (χ0v) is 15.1. The third-order valence-corrected chi connectivity index (χ3v) is 3.32. The number of carbonyl (C=O) groups excluding carboxylic acids is 2. The number of ether oxygens (including phenoxy) is 3. The molecule has 2 aromatic rings. The van der Waals surface area contributed by atoms with Gasteiger partial charge in [-0.1, -0.05) is 0 Å². The molecule has 0 aliphatic carbocycles. The minimum Gasteiger partial charge on any atom is -0.497 e. The first-order chi connectivity index (χ1) is 11.7. The molecule has 0 atom stereocenters. The van der Waals surface area contributed by atoms with Crippen molar-refractivity contribution in [3.8, 4) is 5.75 Å². The average molecular weight is 349 g/mol. The molecule has 1 amide bonds. The van der Waals surface area contributed by atoms with E-state index < -0.39 is 17.7 Å². The van der Waals surface area contributed by atoms with E-state index in [4.69, 9.17) is 14.2 Å². The van der Waals surface area contributed by atoms with Crippen molar-refractivity contribution < 1.29 is 23.8 Å². The van der Waals surface area contributed by atoms with Crippen LogP contribution in [0.1, 0.15) is 31.3 Å². The van der Waals surface area contributed by atoms with Crippen molar-refractivity contribution >= 4 is 23.0 Å². The highest BCUT2D eigenvalue weighted by Crippen LogP contribution is 2.24. The second-order valence-electron chi connectivity index (χ2n) is 6.38. The van der Waals surface area contributed by atoms with Crippen LogP contribution >= 0.6 is 0 Å². The molecule has 1 N–H and O–H groups in total. The number of hydrogen-bond donors (Lipinski definition) is 1. The highest BCUT2D eigenvalue weighted by molar-refractivity contribution is 6.02. The van der Waals surface area contributed by atoms with Gasteiger partial charge in [-0.3, -0.25) is 4.68 Å². The molecule has 136 valence electrons. The summed E-state index contributed by atoms with van der Waals surface area (Å²) in [4.78, 5) is 23.9. The van der Waals surface area contributed by atoms with Gasteiger partial charge in [0.1, 0.15) is 11.4 Å². The van der Waals surface area contributed by atoms with Crippen LogP contribution in [0.4, 0.5) is 4.79 Å². The Labute approximate surface area is 146 Å². The van der Waals surface area contributed by atoms with E-state index >= 15 is 0 Å². The van der Waals surface area contributed by atoms with Crippen LogP contribution < -0.4 is 10.1 Å². The predicted molar refractivity (Wildman–Crippen MR) is 91.9 cm³/mol. The van der Waals surface area contributed by atoms with E-state index in [0.29, 0.717) is 28.9 Å². The minimum absolute atomic E-state index is 0.254. The lowest BCUT2D eigenvalue weighted by Crippen LogP contribution is -2.34. The smallest absolute Gasteiger partial charge is 0.407 e. The molecule has 0 saturated carbocycles. The van der Waals surface area contributed by atoms with Gasteiger partial charge in [0.2, 0.25) is 0 Å². The Balaban J connectivity index is 2.19. The van der Waals surface area contributed by atoms with E-state index in [0.717, 1.165) is 0 Å². The lowest BCUT2D eigenvalue weighted by molar-refractivity contribution is 0.0525. The maximum absolute atomic E-state index is 12.2. The number of carbonyl (C=O) groups is 2. The minimum atomic E-state index is -0.571. The van der Waals surface area contributed by atoms with Crippen molar-refractivity contribution in [1.82, 2.24) is 15.1 Å². The Morgan fingerprint density at radius 3 is 2.56 bits per heavy atom. The number of aromatic nitrogens is 2. The molecule has 0 aliphatic rings. The second-order valence-corrected chi connectivity index (χ2v) is 6.38. The molecule has 1 aromatic heterocycles. The highest BCUT2D eigenvalue weighted by Gasteiger charge is 2.20. The lowest BCUT2D eigenvalue weighted by atomic mass is 10.2. The van der Waals surface area contributed by atoms with Gasteiger partial charge in [-0.2, -0.15) is 5.10 Å². The van der Waals surface area contributed by atoms with E-state index in [1.807, 2.05) is 0 Å². The van der Waals surface area contributed by atoms with Crippen LogP contribution in [0.3, 0.4) is 0 Å². The van der Waals surface area contributed by atoms with Gasteiger partial charge in [-0.15, -0.1) is 0 Å². The van der Waals surface area contributed by atoms with Crippen LogP contribution in [0.2, 0.25) is 0 Å². The SMILES string of the molecule is COC(=O)c1c2cc(OC)ccc2nn1CCNC(=O)OC(C)(C)C. The van der Waals surface area contributed by atoms with Crippen LogP contribution in [-0.2, 0) is 16.0 Å². The predicted octanol–water partition coefficient (Wildman–Crippen LogP) is 2.36. The molecule has 0 bridgehead atoms. The summed E-state index contributed by atoms with van der Waals surface area (Å²) in [6.07, 6.45) is -0.523. The van der Waals surface area contributed by atoms with Gasteiger partial charge < -0.3 is 19.5 Å². The van der Waals surface area contributed by atoms with Crippen molar-refractivity contribution in [2.45, 2.75) is 32.9 Å². The summed E-state index contributed by atoms with van der Waals surface area (Å²) in [7, 11) is 2.86. The number of fused-ring (bicyclic) bond motifs is 1. The topological polar surface area (TPSA) is 91.7 Å². The Morgan fingerprint density at radius 2 is 1.96 bits per heavy atom. The largest absolute Gasteiger partial charge is 0.497 e. The zero-order valence-electron chi connectivity index (χ0n) is 15.1. The molecule has 8 nitrogen and oxygen atoms in total. The number of amides is 1. The molecule has 2 rings (SSSR count). The third kappa shape index (κ3) is 4.62. The van der Waals surface area contributed by atoms with E-state index in [9.17, 15) is 9.59 Å². The Bertz CT molecular complexity index is 776. The fourth-order valence-electron chi connectivity index (χ4n) is 2.29. The molecular formula is C17H23N3O5. The number of rotatable bonds is 5. The first-order valence-corrected chi connectivity index (χ1v) is 7.85. The van der Waals surface area contributed by atoms with Crippen LogP contribution in [0.25, 0.3) is 10.9 Å². The first-order valence-electron chi connectivity index (χ1n) is 7.85. The molecule has 0 saturated heterocycles. The summed E-state index contributed by atoms with van der Waals surface area (Å²) in [5, 5.41) is 7.66. The Morgan fingerprint density at radius 1 is 1.24 bits per heavy atom. The van der Waals surface area contributed by atoms with Crippen molar-refractivity contribution in [3.05, 3.63) is 23.9 Å². The van der Waals surface area contributed by atoms with Gasteiger partial charge in [-0.05, 0) is 39.0 Å². The maximum Gasteiger partial charge on any atom is 0.407 e. The van der Waals surface area contributed by atoms with Crippen molar-refractivity contribution in [3.63, 3.8) is 0 Å². The molecule has 8 heteroatoms. The summed E-state index contributed by atoms with van der Waals surface area (Å²) in [6.45, 7) is 5.91. The Hall–Kier alpha value is -2.77. The van der Waals surface area contributed by atoms with Crippen molar-refractivity contribution in [2.75, 3.05) is 20.8 Å². The number of nitrogens with zero attached hydrogens (tertiary/aromatic N) is 2. The average Bonchev–Trinajstić information content (AvgIpc) is 2.89. The van der Waals surface area contributed by atoms with E-state index in [2.05, 4.69) is 10.4 Å². The molecule has 1 aromatic carbocycles. The first kappa shape index (κ1) is 18.6. The highest BCUT2D eigenvalue weighted by atomic mass is 16.6. The molecule has 0 spiro atoms. The quantitative estimate of drug-likeness (QED) is 0.833. The molecular weight excluding hydrogens is 326 g/mol. The number of nitrogens with one attached hydrogen (secondary N) is 1. The number of esters is 1. The van der Waals surface area contributed by atoms with Crippen molar-refractivity contribution in [2.24, 2.45) is 0 Å². The van der Waals surface area contributed by atoms with Gasteiger partial charge >= 0.3 is 12.1 Å². The summed E-state index contributed by atoms with van der Waals surface area (Å²) in [5.74, 6) is 0.108. The van der Waals surface area contributed by atoms with Gasteiger partial charge in [0.05, 0.1) is 26.3 Å².